The first-order valence-corrected chi connectivity index (χ1v) is 7.78. The summed E-state index contributed by atoms with van der Waals surface area (Å²) in [4.78, 5) is 8.68. The molecule has 2 rings (SSSR count). The number of hydrogen-bond donors (Lipinski definition) is 3. The van der Waals surface area contributed by atoms with Gasteiger partial charge >= 0.3 is 0 Å². The van der Waals surface area contributed by atoms with E-state index in [1.54, 1.807) is 6.33 Å². The van der Waals surface area contributed by atoms with Crippen molar-refractivity contribution in [2.45, 2.75) is 64.5 Å². The fourth-order valence-corrected chi connectivity index (χ4v) is 2.82. The number of aromatic nitrogens is 2. The van der Waals surface area contributed by atoms with E-state index in [4.69, 9.17) is 0 Å². The quantitative estimate of drug-likeness (QED) is 0.722. The zero-order valence-corrected chi connectivity index (χ0v) is 12.5. The minimum Gasteiger partial charge on any atom is -0.391 e. The van der Waals surface area contributed by atoms with Crippen molar-refractivity contribution in [3.63, 3.8) is 0 Å². The molecule has 0 aliphatic heterocycles. The van der Waals surface area contributed by atoms with Crippen molar-refractivity contribution in [2.24, 2.45) is 0 Å². The second-order valence-corrected chi connectivity index (χ2v) is 5.39. The maximum atomic E-state index is 10.2. The molecule has 1 aliphatic carbocycles. The van der Waals surface area contributed by atoms with E-state index in [1.807, 2.05) is 0 Å². The van der Waals surface area contributed by atoms with Crippen LogP contribution in [0.4, 0.5) is 11.6 Å². The zero-order valence-electron chi connectivity index (χ0n) is 12.5. The van der Waals surface area contributed by atoms with Crippen molar-refractivity contribution in [1.82, 2.24) is 9.97 Å². The number of aliphatic hydroxyl groups excluding tert-OH is 1. The summed E-state index contributed by atoms with van der Waals surface area (Å²) in [7, 11) is 0. The summed E-state index contributed by atoms with van der Waals surface area (Å²) in [5.41, 5.74) is 1.10. The SMILES string of the molecule is CCNc1ncnc(NC2CCCCCC2O)c1CC. The highest BCUT2D eigenvalue weighted by molar-refractivity contribution is 5.57. The van der Waals surface area contributed by atoms with Gasteiger partial charge in [-0.05, 0) is 26.2 Å². The van der Waals surface area contributed by atoms with Gasteiger partial charge in [-0.2, -0.15) is 0 Å². The number of hydrogen-bond acceptors (Lipinski definition) is 5. The van der Waals surface area contributed by atoms with Gasteiger partial charge in [-0.3, -0.25) is 0 Å². The van der Waals surface area contributed by atoms with Gasteiger partial charge in [0.1, 0.15) is 18.0 Å². The largest absolute Gasteiger partial charge is 0.391 e. The van der Waals surface area contributed by atoms with Crippen LogP contribution in [0.25, 0.3) is 0 Å². The van der Waals surface area contributed by atoms with E-state index in [0.29, 0.717) is 0 Å². The topological polar surface area (TPSA) is 70.1 Å². The van der Waals surface area contributed by atoms with E-state index < -0.39 is 0 Å². The Morgan fingerprint density at radius 3 is 2.65 bits per heavy atom. The third-order valence-corrected chi connectivity index (χ3v) is 3.94. The van der Waals surface area contributed by atoms with Crippen LogP contribution in [0.2, 0.25) is 0 Å². The van der Waals surface area contributed by atoms with Crippen molar-refractivity contribution in [1.29, 1.82) is 0 Å². The van der Waals surface area contributed by atoms with E-state index in [9.17, 15) is 5.11 Å². The number of aliphatic hydroxyl groups is 1. The molecular weight excluding hydrogens is 252 g/mol. The second-order valence-electron chi connectivity index (χ2n) is 5.39. The highest BCUT2D eigenvalue weighted by Gasteiger charge is 2.23. The van der Waals surface area contributed by atoms with E-state index >= 15 is 0 Å². The first-order valence-electron chi connectivity index (χ1n) is 7.78. The molecule has 1 aromatic heterocycles. The van der Waals surface area contributed by atoms with Gasteiger partial charge in [0, 0.05) is 12.1 Å². The van der Waals surface area contributed by atoms with Crippen LogP contribution in [0.5, 0.6) is 0 Å². The van der Waals surface area contributed by atoms with Gasteiger partial charge in [0.05, 0.1) is 12.1 Å². The van der Waals surface area contributed by atoms with Gasteiger partial charge in [-0.1, -0.05) is 26.2 Å². The van der Waals surface area contributed by atoms with Crippen LogP contribution >= 0.6 is 0 Å². The maximum Gasteiger partial charge on any atom is 0.135 e. The molecule has 0 saturated heterocycles. The molecule has 1 fully saturated rings. The van der Waals surface area contributed by atoms with Gasteiger partial charge < -0.3 is 15.7 Å². The molecule has 1 aliphatic rings. The third kappa shape index (κ3) is 3.60. The Kier molecular flexibility index (Phi) is 5.59. The first kappa shape index (κ1) is 15.0. The third-order valence-electron chi connectivity index (χ3n) is 3.94. The first-order chi connectivity index (χ1) is 9.76. The molecular formula is C15H26N4O. The van der Waals surface area contributed by atoms with Crippen molar-refractivity contribution >= 4 is 11.6 Å². The summed E-state index contributed by atoms with van der Waals surface area (Å²) in [5, 5.41) is 16.9. The van der Waals surface area contributed by atoms with Gasteiger partial charge in [-0.15, -0.1) is 0 Å². The minimum atomic E-state index is -0.278. The fraction of sp³-hybridized carbons (Fsp3) is 0.733. The van der Waals surface area contributed by atoms with Crippen molar-refractivity contribution < 1.29 is 5.11 Å². The lowest BCUT2D eigenvalue weighted by Gasteiger charge is -2.24. The minimum absolute atomic E-state index is 0.104. The fourth-order valence-electron chi connectivity index (χ4n) is 2.82. The van der Waals surface area contributed by atoms with E-state index in [0.717, 1.165) is 49.4 Å². The molecule has 1 saturated carbocycles. The van der Waals surface area contributed by atoms with Gasteiger partial charge in [0.15, 0.2) is 0 Å². The molecule has 0 aromatic carbocycles. The van der Waals surface area contributed by atoms with Gasteiger partial charge in [0.25, 0.3) is 0 Å². The molecule has 2 atom stereocenters. The van der Waals surface area contributed by atoms with Crippen molar-refractivity contribution in [3.05, 3.63) is 11.9 Å². The molecule has 2 unspecified atom stereocenters. The maximum absolute atomic E-state index is 10.2. The van der Waals surface area contributed by atoms with Gasteiger partial charge in [-0.25, -0.2) is 9.97 Å². The van der Waals surface area contributed by atoms with Crippen LogP contribution in [0.3, 0.4) is 0 Å². The van der Waals surface area contributed by atoms with E-state index in [-0.39, 0.29) is 12.1 Å². The summed E-state index contributed by atoms with van der Waals surface area (Å²) in [6.45, 7) is 5.01. The zero-order chi connectivity index (χ0) is 14.4. The van der Waals surface area contributed by atoms with Crippen LogP contribution in [-0.2, 0) is 6.42 Å². The Morgan fingerprint density at radius 1 is 1.15 bits per heavy atom. The molecule has 1 aromatic rings. The molecule has 5 heteroatoms. The Morgan fingerprint density at radius 2 is 1.90 bits per heavy atom. The van der Waals surface area contributed by atoms with Gasteiger partial charge in [0.2, 0.25) is 0 Å². The Balaban J connectivity index is 2.16. The predicted octanol–water partition coefficient (Wildman–Crippen LogP) is 2.58. The Hall–Kier alpha value is -1.36. The molecule has 1 heterocycles. The normalized spacial score (nSPS) is 23.1. The monoisotopic (exact) mass is 278 g/mol. The molecule has 0 spiro atoms. The average Bonchev–Trinajstić information content (AvgIpc) is 2.65. The van der Waals surface area contributed by atoms with Crippen molar-refractivity contribution in [2.75, 3.05) is 17.2 Å². The molecule has 5 nitrogen and oxygen atoms in total. The summed E-state index contributed by atoms with van der Waals surface area (Å²) in [5.74, 6) is 1.76. The summed E-state index contributed by atoms with van der Waals surface area (Å²) < 4.78 is 0. The lowest BCUT2D eigenvalue weighted by Crippen LogP contribution is -2.33. The Bertz CT molecular complexity index is 424. The lowest BCUT2D eigenvalue weighted by atomic mass is 10.1. The number of nitrogens with one attached hydrogen (secondary N) is 2. The highest BCUT2D eigenvalue weighted by Crippen LogP contribution is 2.25. The number of rotatable bonds is 5. The van der Waals surface area contributed by atoms with Crippen LogP contribution in [0, 0.1) is 0 Å². The molecule has 0 radical (unpaired) electrons. The molecule has 112 valence electrons. The molecule has 20 heavy (non-hydrogen) atoms. The number of anilines is 2. The lowest BCUT2D eigenvalue weighted by molar-refractivity contribution is 0.144. The van der Waals surface area contributed by atoms with E-state index in [2.05, 4.69) is 34.4 Å². The smallest absolute Gasteiger partial charge is 0.135 e. The summed E-state index contributed by atoms with van der Waals surface area (Å²) in [6.07, 6.45) is 7.56. The van der Waals surface area contributed by atoms with Crippen LogP contribution < -0.4 is 10.6 Å². The highest BCUT2D eigenvalue weighted by atomic mass is 16.3. The van der Waals surface area contributed by atoms with Crippen LogP contribution in [0.15, 0.2) is 6.33 Å². The van der Waals surface area contributed by atoms with Crippen molar-refractivity contribution in [3.8, 4) is 0 Å². The molecule has 0 amide bonds. The average molecular weight is 278 g/mol. The van der Waals surface area contributed by atoms with Crippen LogP contribution in [-0.4, -0.2) is 33.8 Å². The molecule has 3 N–H and O–H groups in total. The predicted molar refractivity (Wildman–Crippen MR) is 82.1 cm³/mol. The van der Waals surface area contributed by atoms with Crippen LogP contribution in [0.1, 0.15) is 51.5 Å². The molecule has 0 bridgehead atoms. The second kappa shape index (κ2) is 7.43. The standard InChI is InChI=1S/C15H26N4O/c1-3-11-14(16-4-2)17-10-18-15(11)19-12-8-6-5-7-9-13(12)20/h10,12-13,20H,3-9H2,1-2H3,(H2,16,17,18,19). The Labute approximate surface area is 121 Å². The van der Waals surface area contributed by atoms with E-state index in [1.165, 1.54) is 12.8 Å². The summed E-state index contributed by atoms with van der Waals surface area (Å²) >= 11 is 0. The summed E-state index contributed by atoms with van der Waals surface area (Å²) in [6, 6.07) is 0.104. The number of nitrogens with zero attached hydrogens (tertiary/aromatic N) is 2.